The zero-order valence-corrected chi connectivity index (χ0v) is 17.3. The third kappa shape index (κ3) is 24.7. The number of quaternary nitrogens is 1. The van der Waals surface area contributed by atoms with Crippen molar-refractivity contribution in [3.8, 4) is 0 Å². The number of nitrogens with one attached hydrogen (secondary N) is 1. The molecule has 0 spiro atoms. The van der Waals surface area contributed by atoms with Gasteiger partial charge in [-0.3, -0.25) is 9.35 Å². The molecule has 1 amide bonds. The second-order valence-electron chi connectivity index (χ2n) is 6.51. The average molecular weight is 376 g/mol. The Labute approximate surface area is 154 Å². The number of carbonyl (C=O) groups is 1. The number of rotatable bonds is 7. The molecule has 0 aromatic rings. The molecule has 0 aliphatic carbocycles. The molecule has 7 heteroatoms. The van der Waals surface area contributed by atoms with Gasteiger partial charge in [-0.2, -0.15) is 8.42 Å². The summed E-state index contributed by atoms with van der Waals surface area (Å²) in [6.07, 6.45) is 4.72. The molecule has 2 unspecified atom stereocenters. The van der Waals surface area contributed by atoms with E-state index in [4.69, 9.17) is 4.55 Å². The van der Waals surface area contributed by atoms with Gasteiger partial charge in [0.25, 0.3) is 10.1 Å². The molecule has 0 saturated carbocycles. The van der Waals surface area contributed by atoms with E-state index < -0.39 is 27.8 Å². The second kappa shape index (κ2) is 13.6. The van der Waals surface area contributed by atoms with E-state index in [-0.39, 0.29) is 0 Å². The number of hydrogen-bond acceptors (Lipinski definition) is 3. The second-order valence-corrected chi connectivity index (χ2v) is 8.00. The van der Waals surface area contributed by atoms with Crippen molar-refractivity contribution in [2.75, 3.05) is 26.9 Å². The first-order valence-corrected chi connectivity index (χ1v) is 9.31. The summed E-state index contributed by atoms with van der Waals surface area (Å²) < 4.78 is 29.9. The molecule has 0 bridgehead atoms. The van der Waals surface area contributed by atoms with Gasteiger partial charge < -0.3 is 9.80 Å². The summed E-state index contributed by atoms with van der Waals surface area (Å²) >= 11 is 0. The number of hydrogen-bond donors (Lipinski definition) is 2. The lowest BCUT2D eigenvalue weighted by molar-refractivity contribution is -0.887. The van der Waals surface area contributed by atoms with Crippen LogP contribution in [0.2, 0.25) is 0 Å². The highest BCUT2D eigenvalue weighted by Crippen LogP contribution is 2.00. The minimum atomic E-state index is -4.03. The van der Waals surface area contributed by atoms with Gasteiger partial charge in [-0.25, -0.2) is 0 Å². The Hall–Kier alpha value is -1.70. The molecule has 0 fully saturated rings. The van der Waals surface area contributed by atoms with Crippen LogP contribution in [0.3, 0.4) is 0 Å². The van der Waals surface area contributed by atoms with Gasteiger partial charge in [0.05, 0.1) is 26.9 Å². The van der Waals surface area contributed by atoms with E-state index >= 15 is 0 Å². The summed E-state index contributed by atoms with van der Waals surface area (Å²) in [5.74, 6) is -0.960. The highest BCUT2D eigenvalue weighted by Gasteiger charge is 2.13. The summed E-state index contributed by atoms with van der Waals surface area (Å²) in [5.41, 5.74) is 1.02. The molecular formula is C18H35N2O4S+. The smallest absolute Gasteiger partial charge is 0.266 e. The SMILES string of the molecule is C=CC(=C)C.C=CC(=O)NC(C)CS(=O)(=O)O.C=CC(C)[N+](C)(C)C. The number of allylic oxidation sites excluding steroid dienone is 2. The van der Waals surface area contributed by atoms with E-state index in [2.05, 4.69) is 59.7 Å². The van der Waals surface area contributed by atoms with Gasteiger partial charge in [0.15, 0.2) is 0 Å². The molecule has 2 N–H and O–H groups in total. The molecule has 25 heavy (non-hydrogen) atoms. The van der Waals surface area contributed by atoms with E-state index in [1.165, 1.54) is 6.92 Å². The molecule has 0 heterocycles. The van der Waals surface area contributed by atoms with Crippen molar-refractivity contribution in [1.82, 2.24) is 5.32 Å². The number of carbonyl (C=O) groups excluding carboxylic acids is 1. The van der Waals surface area contributed by atoms with Crippen LogP contribution in [-0.2, 0) is 14.9 Å². The van der Waals surface area contributed by atoms with Crippen molar-refractivity contribution in [2.24, 2.45) is 0 Å². The van der Waals surface area contributed by atoms with E-state index in [0.29, 0.717) is 6.04 Å². The van der Waals surface area contributed by atoms with E-state index in [1.54, 1.807) is 6.08 Å². The molecule has 6 nitrogen and oxygen atoms in total. The van der Waals surface area contributed by atoms with Crippen LogP contribution in [0.5, 0.6) is 0 Å². The predicted octanol–water partition coefficient (Wildman–Crippen LogP) is 2.58. The largest absolute Gasteiger partial charge is 0.349 e. The van der Waals surface area contributed by atoms with Crippen molar-refractivity contribution in [2.45, 2.75) is 32.9 Å². The lowest BCUT2D eigenvalue weighted by atomic mass is 10.3. The van der Waals surface area contributed by atoms with E-state index in [9.17, 15) is 13.2 Å². The first-order valence-electron chi connectivity index (χ1n) is 7.70. The lowest BCUT2D eigenvalue weighted by Crippen LogP contribution is -2.41. The highest BCUT2D eigenvalue weighted by molar-refractivity contribution is 7.85. The number of amides is 1. The maximum atomic E-state index is 10.6. The maximum Gasteiger partial charge on any atom is 0.266 e. The molecule has 146 valence electrons. The minimum Gasteiger partial charge on any atom is -0.349 e. The van der Waals surface area contributed by atoms with Crippen LogP contribution >= 0.6 is 0 Å². The fourth-order valence-electron chi connectivity index (χ4n) is 0.976. The summed E-state index contributed by atoms with van der Waals surface area (Å²) in [6, 6.07) is -0.0690. The quantitative estimate of drug-likeness (QED) is 0.235. The topological polar surface area (TPSA) is 83.5 Å². The first kappa shape index (κ1) is 28.1. The van der Waals surface area contributed by atoms with Crippen LogP contribution < -0.4 is 5.32 Å². The molecular weight excluding hydrogens is 340 g/mol. The predicted molar refractivity (Wildman–Crippen MR) is 107 cm³/mol. The molecule has 2 atom stereocenters. The standard InChI is InChI=1S/C7H16N.C6H11NO4S.C5H8/c1-6-7(2)8(3,4)5;1-3-6(8)7-5(2)4-12(9,10)11;1-4-5(2)3/h6-7H,1H2,2-5H3;3,5H,1,4H2,2H3,(H,7,8)(H,9,10,11);4H,1-2H2,3H3/q+1;;. The van der Waals surface area contributed by atoms with Crippen molar-refractivity contribution >= 4 is 16.0 Å². The van der Waals surface area contributed by atoms with Gasteiger partial charge in [-0.1, -0.05) is 38.0 Å². The molecule has 0 aromatic carbocycles. The minimum absolute atomic E-state index is 0.467. The Kier molecular flexibility index (Phi) is 15.3. The van der Waals surface area contributed by atoms with Crippen LogP contribution in [0.4, 0.5) is 0 Å². The molecule has 0 rings (SSSR count). The summed E-state index contributed by atoms with van der Waals surface area (Å²) in [7, 11) is 2.45. The zero-order valence-electron chi connectivity index (χ0n) is 16.4. The monoisotopic (exact) mass is 375 g/mol. The lowest BCUT2D eigenvalue weighted by Gasteiger charge is -2.28. The average Bonchev–Trinajstić information content (AvgIpc) is 2.44. The Morgan fingerprint density at radius 2 is 1.56 bits per heavy atom. The normalized spacial score (nSPS) is 12.8. The number of nitrogens with zero attached hydrogens (tertiary/aromatic N) is 1. The van der Waals surface area contributed by atoms with Gasteiger partial charge >= 0.3 is 0 Å². The third-order valence-corrected chi connectivity index (χ3v) is 3.87. The summed E-state index contributed by atoms with van der Waals surface area (Å²) in [6.45, 7) is 19.5. The summed E-state index contributed by atoms with van der Waals surface area (Å²) in [4.78, 5) is 10.6. The van der Waals surface area contributed by atoms with Gasteiger partial charge in [0.2, 0.25) is 5.91 Å². The molecule has 0 saturated heterocycles. The summed E-state index contributed by atoms with van der Waals surface area (Å²) in [5, 5.41) is 2.29. The molecule has 0 aliphatic heterocycles. The van der Waals surface area contributed by atoms with Crippen molar-refractivity contribution in [1.29, 1.82) is 0 Å². The highest BCUT2D eigenvalue weighted by atomic mass is 32.2. The van der Waals surface area contributed by atoms with Crippen molar-refractivity contribution in [3.63, 3.8) is 0 Å². The van der Waals surface area contributed by atoms with Crippen molar-refractivity contribution in [3.05, 3.63) is 50.1 Å². The van der Waals surface area contributed by atoms with Gasteiger partial charge in [-0.15, -0.1) is 0 Å². The van der Waals surface area contributed by atoms with E-state index in [0.717, 1.165) is 16.1 Å². The first-order chi connectivity index (χ1) is 11.1. The van der Waals surface area contributed by atoms with Crippen LogP contribution in [0, 0.1) is 0 Å². The Bertz CT molecular complexity index is 546. The van der Waals surface area contributed by atoms with Gasteiger partial charge in [0, 0.05) is 6.04 Å². The number of likely N-dealkylation sites (N-methyl/N-ethyl adjacent to an activating group) is 1. The van der Waals surface area contributed by atoms with Crippen molar-refractivity contribution < 1.29 is 22.2 Å². The fraction of sp³-hybridized carbons (Fsp3) is 0.500. The Balaban J connectivity index is -0.000000321. The van der Waals surface area contributed by atoms with Crippen LogP contribution in [0.15, 0.2) is 50.1 Å². The Morgan fingerprint density at radius 3 is 1.72 bits per heavy atom. The van der Waals surface area contributed by atoms with Crippen LogP contribution in [0.1, 0.15) is 20.8 Å². The maximum absolute atomic E-state index is 10.6. The van der Waals surface area contributed by atoms with Gasteiger partial charge in [0.1, 0.15) is 6.04 Å². The van der Waals surface area contributed by atoms with Crippen LogP contribution in [-0.4, -0.2) is 62.3 Å². The molecule has 0 aliphatic rings. The van der Waals surface area contributed by atoms with Crippen LogP contribution in [0.25, 0.3) is 0 Å². The van der Waals surface area contributed by atoms with Gasteiger partial charge in [-0.05, 0) is 32.9 Å². The van der Waals surface area contributed by atoms with E-state index in [1.807, 2.05) is 13.0 Å². The molecule has 0 aromatic heterocycles. The molecule has 0 radical (unpaired) electrons. The zero-order chi connectivity index (χ0) is 20.8. The Morgan fingerprint density at radius 1 is 1.16 bits per heavy atom. The third-order valence-electron chi connectivity index (χ3n) is 2.95. The fourth-order valence-corrected chi connectivity index (χ4v) is 1.69.